The SMILES string of the molecule is NC(=O)c1ccc(N)c(N2CCN(CC(F)(F)F)CC2)c1. The Labute approximate surface area is 120 Å². The first-order valence-corrected chi connectivity index (χ1v) is 6.49. The van der Waals surface area contributed by atoms with Crippen LogP contribution < -0.4 is 16.4 Å². The molecule has 2 rings (SSSR count). The van der Waals surface area contributed by atoms with Crippen molar-refractivity contribution in [2.75, 3.05) is 43.4 Å². The van der Waals surface area contributed by atoms with Gasteiger partial charge in [0.15, 0.2) is 0 Å². The van der Waals surface area contributed by atoms with E-state index in [4.69, 9.17) is 11.5 Å². The fourth-order valence-electron chi connectivity index (χ4n) is 2.37. The van der Waals surface area contributed by atoms with Crippen LogP contribution in [-0.2, 0) is 0 Å². The number of halogens is 3. The molecule has 1 aliphatic rings. The molecule has 8 heteroatoms. The molecule has 0 atom stereocenters. The number of hydrogen-bond acceptors (Lipinski definition) is 4. The Balaban J connectivity index is 2.05. The number of alkyl halides is 3. The Morgan fingerprint density at radius 3 is 2.33 bits per heavy atom. The number of piperazine rings is 1. The van der Waals surface area contributed by atoms with E-state index >= 15 is 0 Å². The minimum Gasteiger partial charge on any atom is -0.397 e. The van der Waals surface area contributed by atoms with E-state index in [-0.39, 0.29) is 0 Å². The van der Waals surface area contributed by atoms with E-state index in [9.17, 15) is 18.0 Å². The van der Waals surface area contributed by atoms with Crippen LogP contribution >= 0.6 is 0 Å². The van der Waals surface area contributed by atoms with E-state index in [1.165, 1.54) is 11.0 Å². The minimum absolute atomic E-state index is 0.291. The molecule has 0 bridgehead atoms. The zero-order chi connectivity index (χ0) is 15.6. The van der Waals surface area contributed by atoms with E-state index in [0.717, 1.165) is 0 Å². The average molecular weight is 302 g/mol. The molecular formula is C13H17F3N4O. The van der Waals surface area contributed by atoms with Gasteiger partial charge in [-0.15, -0.1) is 0 Å². The molecule has 1 amide bonds. The first kappa shape index (κ1) is 15.4. The van der Waals surface area contributed by atoms with Gasteiger partial charge in [0, 0.05) is 31.7 Å². The number of hydrogen-bond donors (Lipinski definition) is 2. The molecule has 1 fully saturated rings. The normalized spacial score (nSPS) is 17.0. The third kappa shape index (κ3) is 4.01. The quantitative estimate of drug-likeness (QED) is 0.819. The van der Waals surface area contributed by atoms with E-state index in [1.54, 1.807) is 12.1 Å². The zero-order valence-corrected chi connectivity index (χ0v) is 11.4. The lowest BCUT2D eigenvalue weighted by Crippen LogP contribution is -2.49. The summed E-state index contributed by atoms with van der Waals surface area (Å²) in [6, 6.07) is 4.69. The topological polar surface area (TPSA) is 75.6 Å². The van der Waals surface area contributed by atoms with Gasteiger partial charge < -0.3 is 16.4 Å². The highest BCUT2D eigenvalue weighted by atomic mass is 19.4. The van der Waals surface area contributed by atoms with Gasteiger partial charge in [-0.3, -0.25) is 9.69 Å². The molecule has 0 spiro atoms. The second-order valence-electron chi connectivity index (χ2n) is 5.02. The fourth-order valence-corrected chi connectivity index (χ4v) is 2.37. The van der Waals surface area contributed by atoms with Crippen molar-refractivity contribution in [2.24, 2.45) is 5.73 Å². The summed E-state index contributed by atoms with van der Waals surface area (Å²) in [5.41, 5.74) is 12.5. The van der Waals surface area contributed by atoms with Gasteiger partial charge in [0.05, 0.1) is 17.9 Å². The predicted octanol–water partition coefficient (Wildman–Crippen LogP) is 1.05. The van der Waals surface area contributed by atoms with Gasteiger partial charge in [-0.1, -0.05) is 0 Å². The predicted molar refractivity (Wildman–Crippen MR) is 74.1 cm³/mol. The molecule has 0 unspecified atom stereocenters. The summed E-state index contributed by atoms with van der Waals surface area (Å²) in [5, 5.41) is 0. The lowest BCUT2D eigenvalue weighted by Gasteiger charge is -2.36. The Morgan fingerprint density at radius 2 is 1.81 bits per heavy atom. The number of benzene rings is 1. The van der Waals surface area contributed by atoms with Crippen LogP contribution in [0.2, 0.25) is 0 Å². The standard InChI is InChI=1S/C13H17F3N4O/c14-13(15,16)8-19-3-5-20(6-4-19)11-7-9(12(18)21)1-2-10(11)17/h1-2,7H,3-6,8,17H2,(H2,18,21). The summed E-state index contributed by atoms with van der Waals surface area (Å²) < 4.78 is 37.0. The third-order valence-electron chi connectivity index (χ3n) is 3.43. The fraction of sp³-hybridized carbons (Fsp3) is 0.462. The summed E-state index contributed by atoms with van der Waals surface area (Å²) >= 11 is 0. The number of carbonyl (C=O) groups excluding carboxylic acids is 1. The minimum atomic E-state index is -4.19. The van der Waals surface area contributed by atoms with Gasteiger partial charge >= 0.3 is 6.18 Å². The molecule has 0 aromatic heterocycles. The number of primary amides is 1. The number of amides is 1. The molecule has 0 radical (unpaired) electrons. The molecule has 0 saturated carbocycles. The maximum atomic E-state index is 12.3. The van der Waals surface area contributed by atoms with Crippen LogP contribution in [0, 0.1) is 0 Å². The van der Waals surface area contributed by atoms with E-state index in [0.29, 0.717) is 43.1 Å². The molecule has 5 nitrogen and oxygen atoms in total. The lowest BCUT2D eigenvalue weighted by molar-refractivity contribution is -0.146. The van der Waals surface area contributed by atoms with Gasteiger partial charge in [0.25, 0.3) is 0 Å². The molecule has 1 aromatic carbocycles. The number of nitrogens with two attached hydrogens (primary N) is 2. The first-order valence-electron chi connectivity index (χ1n) is 6.49. The Morgan fingerprint density at radius 1 is 1.19 bits per heavy atom. The van der Waals surface area contributed by atoms with E-state index in [2.05, 4.69) is 0 Å². The van der Waals surface area contributed by atoms with E-state index in [1.807, 2.05) is 4.90 Å². The van der Waals surface area contributed by atoms with E-state index < -0.39 is 18.6 Å². The van der Waals surface area contributed by atoms with Gasteiger partial charge in [0.2, 0.25) is 5.91 Å². The van der Waals surface area contributed by atoms with Crippen LogP contribution in [-0.4, -0.2) is 49.7 Å². The Bertz CT molecular complexity index is 525. The molecule has 116 valence electrons. The average Bonchev–Trinajstić information content (AvgIpc) is 2.38. The number of carbonyl (C=O) groups is 1. The molecule has 1 heterocycles. The monoisotopic (exact) mass is 302 g/mol. The molecule has 1 saturated heterocycles. The maximum Gasteiger partial charge on any atom is 0.401 e. The smallest absolute Gasteiger partial charge is 0.397 e. The zero-order valence-electron chi connectivity index (χ0n) is 11.4. The Kier molecular flexibility index (Phi) is 4.26. The van der Waals surface area contributed by atoms with Crippen LogP contribution in [0.15, 0.2) is 18.2 Å². The van der Waals surface area contributed by atoms with Gasteiger partial charge in [0.1, 0.15) is 0 Å². The van der Waals surface area contributed by atoms with Crippen molar-refractivity contribution in [1.82, 2.24) is 4.90 Å². The van der Waals surface area contributed by atoms with Crippen molar-refractivity contribution in [3.05, 3.63) is 23.8 Å². The molecule has 0 aliphatic carbocycles. The largest absolute Gasteiger partial charge is 0.401 e. The number of rotatable bonds is 3. The van der Waals surface area contributed by atoms with Gasteiger partial charge in [-0.05, 0) is 18.2 Å². The summed E-state index contributed by atoms with van der Waals surface area (Å²) in [6.07, 6.45) is -4.19. The van der Waals surface area contributed by atoms with Crippen LogP contribution in [0.1, 0.15) is 10.4 Å². The molecule has 4 N–H and O–H groups in total. The van der Waals surface area contributed by atoms with Crippen molar-refractivity contribution < 1.29 is 18.0 Å². The molecule has 1 aliphatic heterocycles. The van der Waals surface area contributed by atoms with Crippen molar-refractivity contribution in [1.29, 1.82) is 0 Å². The summed E-state index contributed by atoms with van der Waals surface area (Å²) in [7, 11) is 0. The van der Waals surface area contributed by atoms with Crippen LogP contribution in [0.4, 0.5) is 24.5 Å². The maximum absolute atomic E-state index is 12.3. The third-order valence-corrected chi connectivity index (χ3v) is 3.43. The van der Waals surface area contributed by atoms with Crippen molar-refractivity contribution >= 4 is 17.3 Å². The summed E-state index contributed by atoms with van der Waals surface area (Å²) in [5.74, 6) is -0.563. The van der Waals surface area contributed by atoms with Crippen molar-refractivity contribution in [3.8, 4) is 0 Å². The highest BCUT2D eigenvalue weighted by Crippen LogP contribution is 2.26. The lowest BCUT2D eigenvalue weighted by atomic mass is 10.1. The second-order valence-corrected chi connectivity index (χ2v) is 5.02. The van der Waals surface area contributed by atoms with Crippen molar-refractivity contribution in [3.63, 3.8) is 0 Å². The van der Waals surface area contributed by atoms with Crippen LogP contribution in [0.5, 0.6) is 0 Å². The highest BCUT2D eigenvalue weighted by Gasteiger charge is 2.32. The summed E-state index contributed by atoms with van der Waals surface area (Å²) in [4.78, 5) is 14.4. The Hall–Kier alpha value is -1.96. The van der Waals surface area contributed by atoms with Gasteiger partial charge in [-0.25, -0.2) is 0 Å². The number of nitrogen functional groups attached to an aromatic ring is 1. The highest BCUT2D eigenvalue weighted by molar-refractivity contribution is 5.95. The van der Waals surface area contributed by atoms with Crippen LogP contribution in [0.25, 0.3) is 0 Å². The number of anilines is 2. The van der Waals surface area contributed by atoms with Crippen LogP contribution in [0.3, 0.4) is 0 Å². The molecule has 1 aromatic rings. The molecule has 21 heavy (non-hydrogen) atoms. The molecular weight excluding hydrogens is 285 g/mol. The first-order chi connectivity index (χ1) is 9.76. The van der Waals surface area contributed by atoms with Gasteiger partial charge in [-0.2, -0.15) is 13.2 Å². The second kappa shape index (κ2) is 5.80. The van der Waals surface area contributed by atoms with Crippen molar-refractivity contribution in [2.45, 2.75) is 6.18 Å². The number of nitrogens with zero attached hydrogens (tertiary/aromatic N) is 2. The summed E-state index contributed by atoms with van der Waals surface area (Å²) in [6.45, 7) is 0.516.